The van der Waals surface area contributed by atoms with E-state index in [4.69, 9.17) is 37.1 Å². The third kappa shape index (κ3) is 9.46. The van der Waals surface area contributed by atoms with Crippen molar-refractivity contribution in [2.45, 2.75) is 83.0 Å². The third-order valence-corrected chi connectivity index (χ3v) is 11.4. The van der Waals surface area contributed by atoms with E-state index in [0.717, 1.165) is 72.5 Å². The molecule has 2 heterocycles. The van der Waals surface area contributed by atoms with Crippen molar-refractivity contribution in [2.24, 2.45) is 0 Å². The van der Waals surface area contributed by atoms with Gasteiger partial charge in [-0.15, -0.1) is 0 Å². The number of alkyl halides is 1. The average Bonchev–Trinajstić information content (AvgIpc) is 3.63. The van der Waals surface area contributed by atoms with Crippen LogP contribution in [0.25, 0.3) is 16.0 Å². The first-order valence-corrected chi connectivity index (χ1v) is 19.9. The van der Waals surface area contributed by atoms with Crippen molar-refractivity contribution in [1.29, 1.82) is 5.26 Å². The molecule has 0 amide bonds. The highest BCUT2D eigenvalue weighted by atomic mass is 35.5. The van der Waals surface area contributed by atoms with Gasteiger partial charge in [-0.2, -0.15) is 5.26 Å². The predicted octanol–water partition coefficient (Wildman–Crippen LogP) is 8.83. The van der Waals surface area contributed by atoms with Gasteiger partial charge in [-0.25, -0.2) is 9.24 Å². The van der Waals surface area contributed by atoms with Crippen molar-refractivity contribution in [3.63, 3.8) is 0 Å². The molecule has 0 aromatic heterocycles. The van der Waals surface area contributed by atoms with Crippen LogP contribution in [0.4, 0.5) is 10.1 Å². The number of fused-ring (bicyclic) bond motifs is 1. The van der Waals surface area contributed by atoms with E-state index in [0.29, 0.717) is 72.4 Å². The summed E-state index contributed by atoms with van der Waals surface area (Å²) >= 11 is 6.94. The summed E-state index contributed by atoms with van der Waals surface area (Å²) in [7, 11) is 0. The molecule has 3 aliphatic rings. The number of nitrogens with one attached hydrogen (secondary N) is 1. The summed E-state index contributed by atoms with van der Waals surface area (Å²) in [6.45, 7) is 14.1. The molecule has 0 saturated carbocycles. The number of benzene rings is 4. The molecule has 3 atom stereocenters. The highest BCUT2D eigenvalue weighted by Gasteiger charge is 2.29. The first-order valence-electron chi connectivity index (χ1n) is 19.5. The lowest BCUT2D eigenvalue weighted by atomic mass is 9.93. The fourth-order valence-corrected chi connectivity index (χ4v) is 8.22. The number of likely N-dealkylation sites (tertiary alicyclic amines) is 1. The molecule has 0 unspecified atom stereocenters. The topological polar surface area (TPSA) is 101 Å². The van der Waals surface area contributed by atoms with Crippen molar-refractivity contribution in [3.05, 3.63) is 117 Å². The standard InChI is InChI=1S/C45H48ClFN4O5/c1-29-35(6-4-9-42(29)54-18-5-15-51-16-12-33(47)13-17-51)36-7-3-8-38-37(36)10-11-43(38)56-45-24-44(55-27-31-20-30(25-48)21-34(22-31)49-2)32(23-39(45)46)26-50-40-14-19-53-28-41(40)52/h3-4,6-9,20-24,33,40-41,43,50,52H,5,10-19,26-28H2,1H3/t40-,41-,43+/m1/s1. The first-order chi connectivity index (χ1) is 27.3. The summed E-state index contributed by atoms with van der Waals surface area (Å²) in [6.07, 6.45) is 2.92. The smallest absolute Gasteiger partial charge is 0.188 e. The Morgan fingerprint density at radius 2 is 1.84 bits per heavy atom. The Hall–Kier alpha value is -4.68. The number of aliphatic hydroxyl groups is 1. The van der Waals surface area contributed by atoms with Crippen LogP contribution < -0.4 is 19.5 Å². The normalized spacial score (nSPS) is 19.9. The fourth-order valence-electron chi connectivity index (χ4n) is 7.99. The Labute approximate surface area is 333 Å². The van der Waals surface area contributed by atoms with Crippen LogP contribution in [-0.2, 0) is 24.3 Å². The molecule has 2 N–H and O–H groups in total. The lowest BCUT2D eigenvalue weighted by Gasteiger charge is -2.29. The van der Waals surface area contributed by atoms with E-state index in [1.54, 1.807) is 18.2 Å². The monoisotopic (exact) mass is 778 g/mol. The van der Waals surface area contributed by atoms with Crippen molar-refractivity contribution in [3.8, 4) is 34.4 Å². The molecule has 4 aromatic rings. The molecule has 4 aromatic carbocycles. The average molecular weight is 779 g/mol. The Bertz CT molecular complexity index is 2060. The van der Waals surface area contributed by atoms with Gasteiger partial charge in [-0.05, 0) is 109 Å². The van der Waals surface area contributed by atoms with Gasteiger partial charge in [0, 0.05) is 56.0 Å². The number of ether oxygens (including phenoxy) is 4. The summed E-state index contributed by atoms with van der Waals surface area (Å²) in [6, 6.07) is 23.2. The second-order valence-corrected chi connectivity index (χ2v) is 15.3. The van der Waals surface area contributed by atoms with E-state index in [2.05, 4.69) is 52.3 Å². The molecule has 11 heteroatoms. The summed E-state index contributed by atoms with van der Waals surface area (Å²) in [5, 5.41) is 23.9. The lowest BCUT2D eigenvalue weighted by molar-refractivity contribution is -0.0281. The van der Waals surface area contributed by atoms with E-state index >= 15 is 0 Å². The number of hydrogen-bond donors (Lipinski definition) is 2. The number of nitrogens with zero attached hydrogens (tertiary/aromatic N) is 3. The van der Waals surface area contributed by atoms with Crippen LogP contribution in [0.1, 0.15) is 71.6 Å². The van der Waals surface area contributed by atoms with Gasteiger partial charge in [0.1, 0.15) is 36.1 Å². The fraction of sp³-hybridized carbons (Fsp3) is 0.422. The van der Waals surface area contributed by atoms with Gasteiger partial charge in [0.2, 0.25) is 0 Å². The van der Waals surface area contributed by atoms with E-state index in [-0.39, 0.29) is 25.4 Å². The van der Waals surface area contributed by atoms with Crippen LogP contribution in [0.2, 0.25) is 5.02 Å². The molecule has 292 valence electrons. The van der Waals surface area contributed by atoms with Crippen LogP contribution in [-0.4, -0.2) is 67.8 Å². The van der Waals surface area contributed by atoms with Gasteiger partial charge in [-0.1, -0.05) is 41.9 Å². The molecule has 2 aliphatic heterocycles. The zero-order valence-electron chi connectivity index (χ0n) is 31.7. The Balaban J connectivity index is 1.08. The molecule has 0 bridgehead atoms. The molecule has 9 nitrogen and oxygen atoms in total. The Kier molecular flexibility index (Phi) is 13.1. The van der Waals surface area contributed by atoms with Gasteiger partial charge in [0.15, 0.2) is 5.69 Å². The van der Waals surface area contributed by atoms with Gasteiger partial charge in [0.25, 0.3) is 0 Å². The lowest BCUT2D eigenvalue weighted by Crippen LogP contribution is -2.46. The third-order valence-electron chi connectivity index (χ3n) is 11.1. The zero-order chi connectivity index (χ0) is 39.0. The predicted molar refractivity (Wildman–Crippen MR) is 214 cm³/mol. The van der Waals surface area contributed by atoms with Gasteiger partial charge >= 0.3 is 0 Å². The maximum Gasteiger partial charge on any atom is 0.188 e. The highest BCUT2D eigenvalue weighted by molar-refractivity contribution is 6.32. The van der Waals surface area contributed by atoms with E-state index in [9.17, 15) is 14.8 Å². The number of piperidine rings is 1. The molecule has 2 fully saturated rings. The molecule has 56 heavy (non-hydrogen) atoms. The molecule has 0 spiro atoms. The van der Waals surface area contributed by atoms with Crippen LogP contribution in [0.3, 0.4) is 0 Å². The number of halogens is 2. The van der Waals surface area contributed by atoms with Gasteiger partial charge < -0.3 is 34.3 Å². The number of nitriles is 1. The maximum atomic E-state index is 13.5. The Morgan fingerprint density at radius 1 is 1.02 bits per heavy atom. The summed E-state index contributed by atoms with van der Waals surface area (Å²) in [4.78, 5) is 5.84. The quantitative estimate of drug-likeness (QED) is 0.0968. The summed E-state index contributed by atoms with van der Waals surface area (Å²) < 4.78 is 38.3. The largest absolute Gasteiger partial charge is 0.493 e. The zero-order valence-corrected chi connectivity index (χ0v) is 32.5. The number of hydrogen-bond acceptors (Lipinski definition) is 8. The van der Waals surface area contributed by atoms with E-state index in [1.165, 1.54) is 5.56 Å². The van der Waals surface area contributed by atoms with Crippen LogP contribution in [0.5, 0.6) is 17.2 Å². The second kappa shape index (κ2) is 18.5. The van der Waals surface area contributed by atoms with E-state index < -0.39 is 12.3 Å². The first kappa shape index (κ1) is 39.6. The summed E-state index contributed by atoms with van der Waals surface area (Å²) in [5.74, 6) is 1.92. The molecule has 7 rings (SSSR count). The summed E-state index contributed by atoms with van der Waals surface area (Å²) in [5.41, 5.74) is 7.99. The number of aliphatic hydroxyl groups excluding tert-OH is 1. The molecular weight excluding hydrogens is 731 g/mol. The number of rotatable bonds is 14. The second-order valence-electron chi connectivity index (χ2n) is 14.9. The maximum absolute atomic E-state index is 13.5. The van der Waals surface area contributed by atoms with Crippen molar-refractivity contribution in [1.82, 2.24) is 10.2 Å². The van der Waals surface area contributed by atoms with Crippen LogP contribution in [0, 0.1) is 24.8 Å². The molecule has 0 radical (unpaired) electrons. The van der Waals surface area contributed by atoms with Crippen LogP contribution >= 0.6 is 11.6 Å². The highest BCUT2D eigenvalue weighted by Crippen LogP contribution is 2.44. The SMILES string of the molecule is [C-]#[N+]c1cc(C#N)cc(COc2cc(O[C@H]3CCc4c(-c5cccc(OCCCN6CCC(F)CC6)c5C)cccc43)c(Cl)cc2CN[C@@H]2CCOC[C@H]2O)c1. The van der Waals surface area contributed by atoms with Gasteiger partial charge in [-0.3, -0.25) is 0 Å². The minimum atomic E-state index is -0.661. The molecular formula is C45H48ClFN4O5. The van der Waals surface area contributed by atoms with Crippen molar-refractivity contribution in [2.75, 3.05) is 39.5 Å². The molecule has 2 saturated heterocycles. The minimum absolute atomic E-state index is 0.128. The van der Waals surface area contributed by atoms with E-state index in [1.807, 2.05) is 24.3 Å². The Morgan fingerprint density at radius 3 is 2.64 bits per heavy atom. The van der Waals surface area contributed by atoms with Crippen molar-refractivity contribution >= 4 is 17.3 Å². The van der Waals surface area contributed by atoms with Crippen LogP contribution in [0.15, 0.2) is 66.7 Å². The van der Waals surface area contributed by atoms with Crippen molar-refractivity contribution < 1.29 is 28.4 Å². The minimum Gasteiger partial charge on any atom is -0.493 e. The molecule has 1 aliphatic carbocycles. The van der Waals surface area contributed by atoms with Gasteiger partial charge in [0.05, 0.1) is 37.0 Å².